The van der Waals surface area contributed by atoms with Gasteiger partial charge >= 0.3 is 6.01 Å². The number of rotatable bonds is 2. The zero-order valence-corrected chi connectivity index (χ0v) is 8.06. The van der Waals surface area contributed by atoms with Gasteiger partial charge < -0.3 is 14.5 Å². The summed E-state index contributed by atoms with van der Waals surface area (Å²) >= 11 is 0. The topological polar surface area (TPSA) is 60.2 Å². The number of hydrogen-bond acceptors (Lipinski definition) is 5. The molecule has 0 radical (unpaired) electrons. The van der Waals surface area contributed by atoms with Gasteiger partial charge in [-0.3, -0.25) is 0 Å². The maximum absolute atomic E-state index is 5.71. The fourth-order valence-corrected chi connectivity index (χ4v) is 2.30. The number of fused-ring (bicyclic) bond motifs is 2. The molecule has 2 aliphatic rings. The minimum absolute atomic E-state index is 0.340. The lowest BCUT2D eigenvalue weighted by Crippen LogP contribution is -2.30. The highest BCUT2D eigenvalue weighted by molar-refractivity contribution is 5.22. The standard InChI is InChI=1S/C9H13N3O2/c1-5-11-12-9(13-5)10-7-4-6-2-3-8(7)14-6/h6-8H,2-4H2,1H3,(H,10,12)/t6-,7-,8+/m1/s1. The van der Waals surface area contributed by atoms with Crippen LogP contribution in [0.5, 0.6) is 0 Å². The van der Waals surface area contributed by atoms with E-state index >= 15 is 0 Å². The third-order valence-corrected chi connectivity index (χ3v) is 2.94. The van der Waals surface area contributed by atoms with E-state index in [1.165, 1.54) is 6.42 Å². The summed E-state index contributed by atoms with van der Waals surface area (Å²) in [6.45, 7) is 1.79. The van der Waals surface area contributed by atoms with Crippen molar-refractivity contribution < 1.29 is 9.15 Å². The Morgan fingerprint density at radius 1 is 1.36 bits per heavy atom. The molecule has 3 atom stereocenters. The molecule has 1 aromatic heterocycles. The molecule has 2 fully saturated rings. The van der Waals surface area contributed by atoms with Crippen molar-refractivity contribution in [3.63, 3.8) is 0 Å². The van der Waals surface area contributed by atoms with Crippen LogP contribution in [0.3, 0.4) is 0 Å². The highest BCUT2D eigenvalue weighted by Crippen LogP contribution is 2.35. The van der Waals surface area contributed by atoms with E-state index in [9.17, 15) is 0 Å². The quantitative estimate of drug-likeness (QED) is 0.766. The molecule has 1 N–H and O–H groups in total. The second kappa shape index (κ2) is 2.95. The molecule has 0 aromatic carbocycles. The third kappa shape index (κ3) is 1.28. The van der Waals surface area contributed by atoms with E-state index in [4.69, 9.17) is 9.15 Å². The molecule has 2 bridgehead atoms. The SMILES string of the molecule is Cc1nnc(N[C@@H]2C[C@H]3CC[C@@H]2O3)o1. The van der Waals surface area contributed by atoms with Gasteiger partial charge in [-0.1, -0.05) is 5.10 Å². The molecule has 0 unspecified atom stereocenters. The first kappa shape index (κ1) is 8.23. The third-order valence-electron chi connectivity index (χ3n) is 2.94. The highest BCUT2D eigenvalue weighted by Gasteiger charge is 2.41. The van der Waals surface area contributed by atoms with Crippen molar-refractivity contribution in [2.24, 2.45) is 0 Å². The van der Waals surface area contributed by atoms with Gasteiger partial charge in [-0.2, -0.15) is 0 Å². The fourth-order valence-electron chi connectivity index (χ4n) is 2.30. The number of anilines is 1. The first-order valence-electron chi connectivity index (χ1n) is 5.03. The lowest BCUT2D eigenvalue weighted by molar-refractivity contribution is 0.102. The predicted molar refractivity (Wildman–Crippen MR) is 49.0 cm³/mol. The molecule has 5 heteroatoms. The summed E-state index contributed by atoms with van der Waals surface area (Å²) in [6.07, 6.45) is 4.20. The van der Waals surface area contributed by atoms with Gasteiger partial charge in [0.05, 0.1) is 18.2 Å². The molecule has 1 aromatic rings. The minimum atomic E-state index is 0.340. The molecule has 3 rings (SSSR count). The van der Waals surface area contributed by atoms with Crippen LogP contribution in [0.4, 0.5) is 6.01 Å². The number of nitrogens with one attached hydrogen (secondary N) is 1. The molecule has 76 valence electrons. The number of aromatic nitrogens is 2. The van der Waals surface area contributed by atoms with Crippen molar-refractivity contribution in [3.8, 4) is 0 Å². The van der Waals surface area contributed by atoms with Crippen LogP contribution in [0.2, 0.25) is 0 Å². The van der Waals surface area contributed by atoms with Crippen LogP contribution in [0, 0.1) is 6.92 Å². The molecular formula is C9H13N3O2. The van der Waals surface area contributed by atoms with Gasteiger partial charge in [0.2, 0.25) is 5.89 Å². The van der Waals surface area contributed by atoms with E-state index in [-0.39, 0.29) is 0 Å². The summed E-state index contributed by atoms with van der Waals surface area (Å²) in [7, 11) is 0. The van der Waals surface area contributed by atoms with Gasteiger partial charge in [0.1, 0.15) is 0 Å². The molecule has 14 heavy (non-hydrogen) atoms. The summed E-state index contributed by atoms with van der Waals surface area (Å²) in [6, 6.07) is 0.872. The van der Waals surface area contributed by atoms with Crippen molar-refractivity contribution in [1.29, 1.82) is 0 Å². The minimum Gasteiger partial charge on any atom is -0.408 e. The summed E-state index contributed by atoms with van der Waals surface area (Å²) in [5, 5.41) is 10.9. The lowest BCUT2D eigenvalue weighted by Gasteiger charge is -2.18. The number of hydrogen-bond donors (Lipinski definition) is 1. The Labute approximate surface area is 81.8 Å². The molecule has 2 aliphatic heterocycles. The number of aryl methyl sites for hydroxylation is 1. The fraction of sp³-hybridized carbons (Fsp3) is 0.778. The smallest absolute Gasteiger partial charge is 0.315 e. The van der Waals surface area contributed by atoms with Gasteiger partial charge in [-0.05, 0) is 19.3 Å². The molecular weight excluding hydrogens is 182 g/mol. The van der Waals surface area contributed by atoms with E-state index in [1.54, 1.807) is 6.92 Å². The van der Waals surface area contributed by atoms with Gasteiger partial charge in [0, 0.05) is 6.92 Å². The Morgan fingerprint density at radius 2 is 2.29 bits per heavy atom. The summed E-state index contributed by atoms with van der Waals surface area (Å²) < 4.78 is 11.0. The van der Waals surface area contributed by atoms with E-state index in [1.807, 2.05) is 0 Å². The van der Waals surface area contributed by atoms with Gasteiger partial charge in [-0.25, -0.2) is 0 Å². The first-order valence-corrected chi connectivity index (χ1v) is 5.03. The summed E-state index contributed by atoms with van der Waals surface area (Å²) in [5.74, 6) is 0.594. The van der Waals surface area contributed by atoms with Crippen LogP contribution in [-0.4, -0.2) is 28.4 Å². The largest absolute Gasteiger partial charge is 0.408 e. The molecule has 5 nitrogen and oxygen atoms in total. The average Bonchev–Trinajstić information content (AvgIpc) is 2.82. The van der Waals surface area contributed by atoms with E-state index in [0.29, 0.717) is 30.2 Å². The maximum atomic E-state index is 5.71. The van der Waals surface area contributed by atoms with Crippen molar-refractivity contribution >= 4 is 6.01 Å². The molecule has 0 amide bonds. The summed E-state index contributed by atoms with van der Waals surface area (Å²) in [5.41, 5.74) is 0. The number of ether oxygens (including phenoxy) is 1. The number of nitrogens with zero attached hydrogens (tertiary/aromatic N) is 2. The van der Waals surface area contributed by atoms with Crippen molar-refractivity contribution in [2.45, 2.75) is 44.4 Å². The van der Waals surface area contributed by atoms with Crippen LogP contribution in [0.15, 0.2) is 4.42 Å². The maximum Gasteiger partial charge on any atom is 0.315 e. The van der Waals surface area contributed by atoms with E-state index < -0.39 is 0 Å². The van der Waals surface area contributed by atoms with Crippen LogP contribution in [-0.2, 0) is 4.74 Å². The lowest BCUT2D eigenvalue weighted by atomic mass is 9.96. The average molecular weight is 195 g/mol. The Hall–Kier alpha value is -1.10. The van der Waals surface area contributed by atoms with Gasteiger partial charge in [0.15, 0.2) is 0 Å². The van der Waals surface area contributed by atoms with E-state index in [2.05, 4.69) is 15.5 Å². The second-order valence-electron chi connectivity index (χ2n) is 3.99. The normalized spacial score (nSPS) is 35.1. The van der Waals surface area contributed by atoms with Crippen molar-refractivity contribution in [2.75, 3.05) is 5.32 Å². The van der Waals surface area contributed by atoms with Gasteiger partial charge in [0.25, 0.3) is 0 Å². The van der Waals surface area contributed by atoms with Crippen LogP contribution in [0.25, 0.3) is 0 Å². The monoisotopic (exact) mass is 195 g/mol. The van der Waals surface area contributed by atoms with Crippen LogP contribution < -0.4 is 5.32 Å². The predicted octanol–water partition coefficient (Wildman–Crippen LogP) is 1.11. The van der Waals surface area contributed by atoms with Crippen molar-refractivity contribution in [3.05, 3.63) is 5.89 Å². The van der Waals surface area contributed by atoms with Crippen LogP contribution in [0.1, 0.15) is 25.2 Å². The van der Waals surface area contributed by atoms with Crippen LogP contribution >= 0.6 is 0 Å². The molecule has 2 saturated heterocycles. The highest BCUT2D eigenvalue weighted by atomic mass is 16.5. The Balaban J connectivity index is 1.68. The second-order valence-corrected chi connectivity index (χ2v) is 3.99. The summed E-state index contributed by atoms with van der Waals surface area (Å²) in [4.78, 5) is 0. The molecule has 0 aliphatic carbocycles. The Kier molecular flexibility index (Phi) is 1.73. The first-order chi connectivity index (χ1) is 6.81. The molecule has 0 saturated carbocycles. The molecule has 0 spiro atoms. The Bertz CT molecular complexity index is 339. The zero-order valence-electron chi connectivity index (χ0n) is 8.06. The Morgan fingerprint density at radius 3 is 2.86 bits per heavy atom. The van der Waals surface area contributed by atoms with E-state index in [0.717, 1.165) is 12.8 Å². The van der Waals surface area contributed by atoms with Gasteiger partial charge in [-0.15, -0.1) is 5.10 Å². The van der Waals surface area contributed by atoms with Crippen molar-refractivity contribution in [1.82, 2.24) is 10.2 Å². The zero-order chi connectivity index (χ0) is 9.54. The molecule has 3 heterocycles.